The summed E-state index contributed by atoms with van der Waals surface area (Å²) in [5.41, 5.74) is 1.46. The van der Waals surface area contributed by atoms with E-state index in [9.17, 15) is 13.2 Å². The van der Waals surface area contributed by atoms with E-state index in [1.165, 1.54) is 22.8 Å². The predicted octanol–water partition coefficient (Wildman–Crippen LogP) is 1.55. The Balaban J connectivity index is 2.53. The highest BCUT2D eigenvalue weighted by atomic mass is 32.2. The summed E-state index contributed by atoms with van der Waals surface area (Å²) in [7, 11) is -3.21. The van der Waals surface area contributed by atoms with E-state index < -0.39 is 9.84 Å². The van der Waals surface area contributed by atoms with Crippen molar-refractivity contribution in [2.75, 3.05) is 6.26 Å². The Morgan fingerprint density at radius 3 is 2.17 bits per heavy atom. The third kappa shape index (κ3) is 2.51. The molecule has 0 N–H and O–H groups in total. The van der Waals surface area contributed by atoms with Crippen molar-refractivity contribution in [2.24, 2.45) is 0 Å². The normalized spacial score (nSPS) is 11.4. The van der Waals surface area contributed by atoms with Gasteiger partial charge in [-0.2, -0.15) is 0 Å². The van der Waals surface area contributed by atoms with Crippen molar-refractivity contribution < 1.29 is 8.42 Å². The van der Waals surface area contributed by atoms with Gasteiger partial charge in [-0.1, -0.05) is 6.07 Å². The molecule has 0 saturated carbocycles. The number of aryl methyl sites for hydroxylation is 1. The molecule has 0 aliphatic heterocycles. The van der Waals surface area contributed by atoms with Crippen molar-refractivity contribution in [1.82, 2.24) is 4.57 Å². The van der Waals surface area contributed by atoms with Crippen molar-refractivity contribution in [3.63, 3.8) is 0 Å². The minimum Gasteiger partial charge on any atom is -0.284 e. The van der Waals surface area contributed by atoms with Crippen LogP contribution in [0.25, 0.3) is 5.69 Å². The maximum Gasteiger partial charge on any atom is 0.255 e. The second-order valence-electron chi connectivity index (χ2n) is 4.18. The number of hydrogen-bond donors (Lipinski definition) is 0. The summed E-state index contributed by atoms with van der Waals surface area (Å²) < 4.78 is 24.2. The van der Waals surface area contributed by atoms with Gasteiger partial charge < -0.3 is 0 Å². The van der Waals surface area contributed by atoms with Gasteiger partial charge >= 0.3 is 0 Å². The van der Waals surface area contributed by atoms with Crippen LogP contribution in [0.4, 0.5) is 0 Å². The largest absolute Gasteiger partial charge is 0.284 e. The summed E-state index contributed by atoms with van der Waals surface area (Å²) in [5, 5.41) is 0. The van der Waals surface area contributed by atoms with Crippen molar-refractivity contribution in [1.29, 1.82) is 0 Å². The van der Waals surface area contributed by atoms with E-state index in [1.54, 1.807) is 24.4 Å². The standard InChI is InChI=1S/C13H13NO3S/c1-10-3-8-13(15)14(9-10)11-4-6-12(7-5-11)18(2,16)17/h3-9H,1-2H3. The van der Waals surface area contributed by atoms with Crippen LogP contribution in [-0.4, -0.2) is 19.2 Å². The van der Waals surface area contributed by atoms with Crippen LogP contribution in [0.5, 0.6) is 0 Å². The lowest BCUT2D eigenvalue weighted by Crippen LogP contribution is -2.16. The predicted molar refractivity (Wildman–Crippen MR) is 69.9 cm³/mol. The highest BCUT2D eigenvalue weighted by Crippen LogP contribution is 2.12. The number of pyridine rings is 1. The van der Waals surface area contributed by atoms with Gasteiger partial charge in [-0.3, -0.25) is 9.36 Å². The maximum absolute atomic E-state index is 11.7. The van der Waals surface area contributed by atoms with Crippen LogP contribution in [0, 0.1) is 6.92 Å². The van der Waals surface area contributed by atoms with Crippen LogP contribution in [-0.2, 0) is 9.84 Å². The highest BCUT2D eigenvalue weighted by molar-refractivity contribution is 7.90. The second-order valence-corrected chi connectivity index (χ2v) is 6.20. The van der Waals surface area contributed by atoms with Crippen molar-refractivity contribution in [3.05, 3.63) is 58.5 Å². The van der Waals surface area contributed by atoms with E-state index in [1.807, 2.05) is 6.92 Å². The third-order valence-electron chi connectivity index (χ3n) is 2.60. The van der Waals surface area contributed by atoms with Crippen LogP contribution in [0.2, 0.25) is 0 Å². The third-order valence-corrected chi connectivity index (χ3v) is 3.73. The molecule has 94 valence electrons. The molecular weight excluding hydrogens is 250 g/mol. The summed E-state index contributed by atoms with van der Waals surface area (Å²) in [6, 6.07) is 9.47. The Labute approximate surface area is 105 Å². The molecule has 1 heterocycles. The first kappa shape index (κ1) is 12.6. The lowest BCUT2D eigenvalue weighted by atomic mass is 10.2. The minimum atomic E-state index is -3.21. The summed E-state index contributed by atoms with van der Waals surface area (Å²) in [6.45, 7) is 1.89. The molecule has 0 aliphatic carbocycles. The van der Waals surface area contributed by atoms with Crippen LogP contribution in [0.3, 0.4) is 0 Å². The zero-order valence-corrected chi connectivity index (χ0v) is 10.9. The van der Waals surface area contributed by atoms with Crippen molar-refractivity contribution in [3.8, 4) is 5.69 Å². The Bertz CT molecular complexity index is 728. The average molecular weight is 263 g/mol. The zero-order chi connectivity index (χ0) is 13.3. The number of benzene rings is 1. The van der Waals surface area contributed by atoms with Gasteiger partial charge in [0.25, 0.3) is 5.56 Å². The number of hydrogen-bond acceptors (Lipinski definition) is 3. The fourth-order valence-electron chi connectivity index (χ4n) is 1.65. The van der Waals surface area contributed by atoms with Gasteiger partial charge in [-0.05, 0) is 36.8 Å². The Hall–Kier alpha value is -1.88. The van der Waals surface area contributed by atoms with Gasteiger partial charge in [0.15, 0.2) is 9.84 Å². The van der Waals surface area contributed by atoms with Gasteiger partial charge in [-0.15, -0.1) is 0 Å². The summed E-state index contributed by atoms with van der Waals surface area (Å²) in [6.07, 6.45) is 2.87. The molecule has 2 rings (SSSR count). The van der Waals surface area contributed by atoms with Gasteiger partial charge in [0.1, 0.15) is 0 Å². The zero-order valence-electron chi connectivity index (χ0n) is 10.1. The molecule has 0 fully saturated rings. The van der Waals surface area contributed by atoms with Gasteiger partial charge in [0.05, 0.1) is 4.90 Å². The van der Waals surface area contributed by atoms with E-state index in [2.05, 4.69) is 0 Å². The van der Waals surface area contributed by atoms with Crippen LogP contribution >= 0.6 is 0 Å². The van der Waals surface area contributed by atoms with Crippen molar-refractivity contribution in [2.45, 2.75) is 11.8 Å². The molecule has 18 heavy (non-hydrogen) atoms. The minimum absolute atomic E-state index is 0.146. The van der Waals surface area contributed by atoms with Crippen LogP contribution in [0.1, 0.15) is 5.56 Å². The molecule has 0 radical (unpaired) electrons. The molecule has 5 heteroatoms. The lowest BCUT2D eigenvalue weighted by Gasteiger charge is -2.07. The quantitative estimate of drug-likeness (QED) is 0.826. The van der Waals surface area contributed by atoms with Gasteiger partial charge in [-0.25, -0.2) is 8.42 Å². The second kappa shape index (κ2) is 4.42. The first-order valence-electron chi connectivity index (χ1n) is 5.38. The highest BCUT2D eigenvalue weighted by Gasteiger charge is 2.07. The summed E-state index contributed by atoms with van der Waals surface area (Å²) >= 11 is 0. The molecule has 0 saturated heterocycles. The Kier molecular flexibility index (Phi) is 3.09. The molecule has 0 aliphatic rings. The van der Waals surface area contributed by atoms with Crippen molar-refractivity contribution >= 4 is 9.84 Å². The van der Waals surface area contributed by atoms with E-state index in [0.29, 0.717) is 5.69 Å². The maximum atomic E-state index is 11.7. The fourth-order valence-corrected chi connectivity index (χ4v) is 2.28. The van der Waals surface area contributed by atoms with Gasteiger partial charge in [0, 0.05) is 24.2 Å². The molecule has 2 aromatic rings. The molecular formula is C13H13NO3S. The van der Waals surface area contributed by atoms with Crippen LogP contribution in [0.15, 0.2) is 52.3 Å². The van der Waals surface area contributed by atoms with Crippen LogP contribution < -0.4 is 5.56 Å². The summed E-state index contributed by atoms with van der Waals surface area (Å²) in [4.78, 5) is 11.9. The summed E-state index contributed by atoms with van der Waals surface area (Å²) in [5.74, 6) is 0. The molecule has 0 bridgehead atoms. The average Bonchev–Trinajstić information content (AvgIpc) is 2.31. The van der Waals surface area contributed by atoms with E-state index >= 15 is 0 Å². The van der Waals surface area contributed by atoms with E-state index in [0.717, 1.165) is 11.8 Å². The molecule has 0 atom stereocenters. The SMILES string of the molecule is Cc1ccc(=O)n(-c2ccc(S(C)(=O)=O)cc2)c1. The van der Waals surface area contributed by atoms with E-state index in [-0.39, 0.29) is 10.5 Å². The molecule has 0 amide bonds. The number of sulfone groups is 1. The Morgan fingerprint density at radius 2 is 1.61 bits per heavy atom. The molecule has 1 aromatic heterocycles. The lowest BCUT2D eigenvalue weighted by molar-refractivity contribution is 0.602. The molecule has 1 aromatic carbocycles. The topological polar surface area (TPSA) is 56.1 Å². The monoisotopic (exact) mass is 263 g/mol. The smallest absolute Gasteiger partial charge is 0.255 e. The van der Waals surface area contributed by atoms with E-state index in [4.69, 9.17) is 0 Å². The first-order chi connectivity index (χ1) is 8.38. The number of rotatable bonds is 2. The first-order valence-corrected chi connectivity index (χ1v) is 7.27. The fraction of sp³-hybridized carbons (Fsp3) is 0.154. The number of nitrogens with zero attached hydrogens (tertiary/aromatic N) is 1. The van der Waals surface area contributed by atoms with Gasteiger partial charge in [0.2, 0.25) is 0 Å². The molecule has 4 nitrogen and oxygen atoms in total. The number of aromatic nitrogens is 1. The molecule has 0 unspecified atom stereocenters. The molecule has 0 spiro atoms. The Morgan fingerprint density at radius 1 is 1.00 bits per heavy atom.